The predicted octanol–water partition coefficient (Wildman–Crippen LogP) is 3.62. The fraction of sp³-hybridized carbons (Fsp3) is 0.0588. The highest BCUT2D eigenvalue weighted by Gasteiger charge is 2.15. The molecule has 3 aromatic rings. The Kier molecular flexibility index (Phi) is 4.56. The van der Waals surface area contributed by atoms with Gasteiger partial charge in [-0.3, -0.25) is 4.72 Å². The third-order valence-corrected chi connectivity index (χ3v) is 5.63. The molecular weight excluding hydrogens is 360 g/mol. The summed E-state index contributed by atoms with van der Waals surface area (Å²) in [7, 11) is -3.79. The number of carbonyl (C=O) groups is 1. The number of carboxylic acids is 1. The van der Waals surface area contributed by atoms with Crippen molar-refractivity contribution in [1.29, 1.82) is 0 Å². The Morgan fingerprint density at radius 2 is 1.72 bits per heavy atom. The largest absolute Gasteiger partial charge is 0.478 e. The van der Waals surface area contributed by atoms with Crippen LogP contribution in [0, 0.1) is 6.92 Å². The monoisotopic (exact) mass is 374 g/mol. The van der Waals surface area contributed by atoms with Crippen LogP contribution in [0.3, 0.4) is 0 Å². The summed E-state index contributed by atoms with van der Waals surface area (Å²) < 4.78 is 27.2. The van der Waals surface area contributed by atoms with Crippen LogP contribution < -0.4 is 4.72 Å². The lowest BCUT2D eigenvalue weighted by Crippen LogP contribution is -2.13. The maximum Gasteiger partial charge on any atom is 0.335 e. The number of hydrogen-bond donors (Lipinski definition) is 2. The molecule has 0 unspecified atom stereocenters. The van der Waals surface area contributed by atoms with Crippen molar-refractivity contribution in [2.24, 2.45) is 0 Å². The van der Waals surface area contributed by atoms with E-state index in [0.717, 1.165) is 16.3 Å². The van der Waals surface area contributed by atoms with Gasteiger partial charge in [0.1, 0.15) is 0 Å². The van der Waals surface area contributed by atoms with Crippen molar-refractivity contribution in [3.05, 3.63) is 64.5 Å². The third-order valence-electron chi connectivity index (χ3n) is 3.46. The average Bonchev–Trinajstić information content (AvgIpc) is 3.02. The number of anilines is 1. The number of nitrogens with one attached hydrogen (secondary N) is 1. The average molecular weight is 374 g/mol. The number of rotatable bonds is 5. The van der Waals surface area contributed by atoms with Gasteiger partial charge in [0, 0.05) is 16.6 Å². The summed E-state index contributed by atoms with van der Waals surface area (Å²) in [6.07, 6.45) is 0. The summed E-state index contributed by atoms with van der Waals surface area (Å²) in [6, 6.07) is 11.9. The van der Waals surface area contributed by atoms with Gasteiger partial charge >= 0.3 is 5.97 Å². The molecule has 2 N–H and O–H groups in total. The first-order valence-electron chi connectivity index (χ1n) is 7.24. The zero-order valence-electron chi connectivity index (χ0n) is 13.1. The normalized spacial score (nSPS) is 11.2. The quantitative estimate of drug-likeness (QED) is 0.711. The van der Waals surface area contributed by atoms with Gasteiger partial charge in [0.05, 0.1) is 21.2 Å². The number of aromatic carboxylic acids is 1. The fourth-order valence-electron chi connectivity index (χ4n) is 2.20. The molecule has 0 aliphatic heterocycles. The molecule has 0 aliphatic rings. The van der Waals surface area contributed by atoms with Crippen molar-refractivity contribution >= 4 is 33.0 Å². The van der Waals surface area contributed by atoms with E-state index in [0.29, 0.717) is 5.69 Å². The molecule has 3 rings (SSSR count). The fourth-order valence-corrected chi connectivity index (χ4v) is 3.88. The second kappa shape index (κ2) is 6.66. The van der Waals surface area contributed by atoms with E-state index in [-0.39, 0.29) is 10.5 Å². The number of hydrogen-bond acceptors (Lipinski definition) is 5. The van der Waals surface area contributed by atoms with Gasteiger partial charge in [0.25, 0.3) is 10.0 Å². The molecule has 0 fully saturated rings. The van der Waals surface area contributed by atoms with Crippen molar-refractivity contribution in [1.82, 2.24) is 4.98 Å². The molecule has 0 amide bonds. The summed E-state index contributed by atoms with van der Waals surface area (Å²) in [5, 5.41) is 11.8. The highest BCUT2D eigenvalue weighted by molar-refractivity contribution is 7.92. The van der Waals surface area contributed by atoms with Crippen LogP contribution in [0.25, 0.3) is 11.3 Å². The second-order valence-electron chi connectivity index (χ2n) is 5.26. The van der Waals surface area contributed by atoms with Gasteiger partial charge in [0.15, 0.2) is 0 Å². The number of aromatic nitrogens is 1. The van der Waals surface area contributed by atoms with Crippen molar-refractivity contribution < 1.29 is 18.3 Å². The highest BCUT2D eigenvalue weighted by atomic mass is 32.2. The van der Waals surface area contributed by atoms with Gasteiger partial charge in [0.2, 0.25) is 0 Å². The Morgan fingerprint density at radius 1 is 1.08 bits per heavy atom. The number of carboxylic acid groups (broad SMARTS) is 1. The van der Waals surface area contributed by atoms with Crippen LogP contribution in [0.15, 0.2) is 58.8 Å². The Hall–Kier alpha value is -2.71. The highest BCUT2D eigenvalue weighted by Crippen LogP contribution is 2.24. The molecule has 0 bridgehead atoms. The van der Waals surface area contributed by atoms with Crippen LogP contribution in [0.5, 0.6) is 0 Å². The standard InChI is InChI=1S/C17H14N2O4S2/c1-11-18-16(10-24-11)12-2-6-14(7-3-12)19-25(22,23)15-8-4-13(5-9-15)17(20)21/h2-10,19H,1H3,(H,20,21). The number of sulfonamides is 1. The van der Waals surface area contributed by atoms with Crippen molar-refractivity contribution in [3.8, 4) is 11.3 Å². The molecule has 0 radical (unpaired) electrons. The van der Waals surface area contributed by atoms with Crippen molar-refractivity contribution in [3.63, 3.8) is 0 Å². The van der Waals surface area contributed by atoms with Gasteiger partial charge in [-0.1, -0.05) is 12.1 Å². The number of benzene rings is 2. The SMILES string of the molecule is Cc1nc(-c2ccc(NS(=O)(=O)c3ccc(C(=O)O)cc3)cc2)cs1. The van der Waals surface area contributed by atoms with Gasteiger partial charge in [-0.2, -0.15) is 0 Å². The molecular formula is C17H14N2O4S2. The van der Waals surface area contributed by atoms with Crippen LogP contribution in [-0.4, -0.2) is 24.5 Å². The van der Waals surface area contributed by atoms with E-state index in [4.69, 9.17) is 5.11 Å². The second-order valence-corrected chi connectivity index (χ2v) is 8.01. The zero-order valence-corrected chi connectivity index (χ0v) is 14.8. The van der Waals surface area contributed by atoms with Crippen LogP contribution >= 0.6 is 11.3 Å². The summed E-state index contributed by atoms with van der Waals surface area (Å²) in [5.41, 5.74) is 2.19. The van der Waals surface area contributed by atoms with E-state index in [1.54, 1.807) is 35.6 Å². The smallest absolute Gasteiger partial charge is 0.335 e. The molecule has 0 atom stereocenters. The van der Waals surface area contributed by atoms with Crippen LogP contribution in [0.1, 0.15) is 15.4 Å². The van der Waals surface area contributed by atoms with Crippen LogP contribution in [0.2, 0.25) is 0 Å². The maximum absolute atomic E-state index is 12.4. The van der Waals surface area contributed by atoms with Crippen molar-refractivity contribution in [2.45, 2.75) is 11.8 Å². The molecule has 0 aliphatic carbocycles. The van der Waals surface area contributed by atoms with Gasteiger partial charge in [-0.15, -0.1) is 11.3 Å². The van der Waals surface area contributed by atoms with E-state index < -0.39 is 16.0 Å². The van der Waals surface area contributed by atoms with Crippen LogP contribution in [-0.2, 0) is 10.0 Å². The van der Waals surface area contributed by atoms with Crippen molar-refractivity contribution in [2.75, 3.05) is 4.72 Å². The van der Waals surface area contributed by atoms with Gasteiger partial charge in [-0.05, 0) is 43.3 Å². The van der Waals surface area contributed by atoms with E-state index in [9.17, 15) is 13.2 Å². The third kappa shape index (κ3) is 3.86. The summed E-state index contributed by atoms with van der Waals surface area (Å²) >= 11 is 1.55. The molecule has 25 heavy (non-hydrogen) atoms. The molecule has 128 valence electrons. The molecule has 1 aromatic heterocycles. The molecule has 2 aromatic carbocycles. The summed E-state index contributed by atoms with van der Waals surface area (Å²) in [5.74, 6) is -1.11. The molecule has 8 heteroatoms. The van der Waals surface area contributed by atoms with Gasteiger partial charge in [-0.25, -0.2) is 18.2 Å². The topological polar surface area (TPSA) is 96.4 Å². The van der Waals surface area contributed by atoms with E-state index in [2.05, 4.69) is 9.71 Å². The number of nitrogens with zero attached hydrogens (tertiary/aromatic N) is 1. The Bertz CT molecular complexity index is 1010. The lowest BCUT2D eigenvalue weighted by molar-refractivity contribution is 0.0696. The lowest BCUT2D eigenvalue weighted by Gasteiger charge is -2.09. The lowest BCUT2D eigenvalue weighted by atomic mass is 10.1. The minimum Gasteiger partial charge on any atom is -0.478 e. The van der Waals surface area contributed by atoms with Crippen LogP contribution in [0.4, 0.5) is 5.69 Å². The van der Waals surface area contributed by atoms with E-state index >= 15 is 0 Å². The van der Waals surface area contributed by atoms with E-state index in [1.807, 2.05) is 12.3 Å². The molecule has 0 saturated carbocycles. The first-order valence-corrected chi connectivity index (χ1v) is 9.60. The predicted molar refractivity (Wildman–Crippen MR) is 96.5 cm³/mol. The molecule has 0 spiro atoms. The summed E-state index contributed by atoms with van der Waals surface area (Å²) in [4.78, 5) is 15.2. The minimum atomic E-state index is -3.79. The molecule has 6 nitrogen and oxygen atoms in total. The molecule has 1 heterocycles. The zero-order chi connectivity index (χ0) is 18.0. The summed E-state index contributed by atoms with van der Waals surface area (Å²) in [6.45, 7) is 1.92. The Labute approximate surface area is 148 Å². The van der Waals surface area contributed by atoms with Gasteiger partial charge < -0.3 is 5.11 Å². The number of aryl methyl sites for hydroxylation is 1. The minimum absolute atomic E-state index is 0.00305. The number of thiazole rings is 1. The van der Waals surface area contributed by atoms with E-state index in [1.165, 1.54) is 24.3 Å². The Morgan fingerprint density at radius 3 is 2.24 bits per heavy atom. The maximum atomic E-state index is 12.4. The first-order chi connectivity index (χ1) is 11.8. The molecule has 0 saturated heterocycles. The Balaban J connectivity index is 1.79. The first kappa shape index (κ1) is 17.1.